The van der Waals surface area contributed by atoms with E-state index in [4.69, 9.17) is 4.74 Å². The molecule has 1 unspecified atom stereocenters. The average Bonchev–Trinajstić information content (AvgIpc) is 3.66. The highest BCUT2D eigenvalue weighted by Crippen LogP contribution is 2.35. The van der Waals surface area contributed by atoms with Crippen molar-refractivity contribution in [3.8, 4) is 0 Å². The molecule has 1 aliphatic heterocycles. The minimum atomic E-state index is -0.467. The number of carbonyl (C=O) groups is 2. The molecule has 1 fully saturated rings. The number of esters is 1. The van der Waals surface area contributed by atoms with Crippen LogP contribution >= 0.6 is 0 Å². The second kappa shape index (κ2) is 8.81. The molecule has 3 aromatic rings. The molecule has 0 bridgehead atoms. The molecule has 1 aliphatic carbocycles. The lowest BCUT2D eigenvalue weighted by molar-refractivity contribution is -0.148. The van der Waals surface area contributed by atoms with Crippen molar-refractivity contribution in [2.24, 2.45) is 0 Å². The number of rotatable bonds is 6. The van der Waals surface area contributed by atoms with Crippen LogP contribution in [0, 0.1) is 0 Å². The van der Waals surface area contributed by atoms with Crippen LogP contribution in [0.15, 0.2) is 53.3 Å². The number of ether oxygens (including phenoxy) is 1. The topological polar surface area (TPSA) is 81.5 Å². The summed E-state index contributed by atoms with van der Waals surface area (Å²) in [5.41, 5.74) is 2.61. The summed E-state index contributed by atoms with van der Waals surface area (Å²) in [6.45, 7) is 1.72. The van der Waals surface area contributed by atoms with Crippen LogP contribution < -0.4 is 10.5 Å². The first-order valence-corrected chi connectivity index (χ1v) is 11.6. The zero-order chi connectivity index (χ0) is 22.9. The van der Waals surface area contributed by atoms with Crippen molar-refractivity contribution in [3.63, 3.8) is 0 Å². The van der Waals surface area contributed by atoms with E-state index in [1.165, 1.54) is 0 Å². The highest BCUT2D eigenvalue weighted by molar-refractivity contribution is 5.96. The highest BCUT2D eigenvalue weighted by Gasteiger charge is 2.30. The van der Waals surface area contributed by atoms with E-state index in [0.29, 0.717) is 23.1 Å². The summed E-state index contributed by atoms with van der Waals surface area (Å²) in [7, 11) is 0. The maximum Gasteiger partial charge on any atom is 0.306 e. The number of anilines is 1. The number of nitrogens with zero attached hydrogens (tertiary/aromatic N) is 3. The van der Waals surface area contributed by atoms with Gasteiger partial charge in [-0.1, -0.05) is 30.3 Å². The van der Waals surface area contributed by atoms with Gasteiger partial charge in [0.2, 0.25) is 0 Å². The second-order valence-electron chi connectivity index (χ2n) is 8.89. The number of hydrogen-bond acceptors (Lipinski definition) is 5. The summed E-state index contributed by atoms with van der Waals surface area (Å²) in [4.78, 5) is 44.7. The smallest absolute Gasteiger partial charge is 0.306 e. The summed E-state index contributed by atoms with van der Waals surface area (Å²) < 4.78 is 7.06. The third-order valence-corrected chi connectivity index (χ3v) is 6.49. The van der Waals surface area contributed by atoms with Crippen LogP contribution in [0.4, 0.5) is 5.69 Å². The number of aryl methyl sites for hydroxylation is 2. The molecule has 0 N–H and O–H groups in total. The maximum atomic E-state index is 13.0. The fourth-order valence-electron chi connectivity index (χ4n) is 4.64. The fraction of sp³-hybridized carbons (Fsp3) is 0.385. The van der Waals surface area contributed by atoms with Crippen LogP contribution in [-0.2, 0) is 27.2 Å². The Kier molecular flexibility index (Phi) is 5.70. The van der Waals surface area contributed by atoms with Crippen LogP contribution in [0.5, 0.6) is 0 Å². The Morgan fingerprint density at radius 2 is 1.82 bits per heavy atom. The number of fused-ring (bicyclic) bond motifs is 2. The van der Waals surface area contributed by atoms with Crippen molar-refractivity contribution in [2.45, 2.75) is 57.5 Å². The first-order valence-electron chi connectivity index (χ1n) is 11.6. The van der Waals surface area contributed by atoms with E-state index in [9.17, 15) is 14.4 Å². The molecule has 2 aliphatic rings. The minimum Gasteiger partial charge on any atom is -0.456 e. The van der Waals surface area contributed by atoms with Crippen LogP contribution in [0.2, 0.25) is 0 Å². The normalized spacial score (nSPS) is 17.6. The molecule has 5 rings (SSSR count). The number of aromatic nitrogens is 2. The van der Waals surface area contributed by atoms with Crippen molar-refractivity contribution in [3.05, 3.63) is 70.3 Å². The summed E-state index contributed by atoms with van der Waals surface area (Å²) in [5.74, 6) is -0.0872. The zero-order valence-electron chi connectivity index (χ0n) is 18.7. The molecule has 2 aromatic carbocycles. The van der Waals surface area contributed by atoms with Gasteiger partial charge in [-0.3, -0.25) is 19.0 Å². The Balaban J connectivity index is 1.25. The fourth-order valence-corrected chi connectivity index (χ4v) is 4.64. The molecule has 1 amide bonds. The SMILES string of the molecule is CC1CCc2ccccc2N1C(=O)COC(=O)CCc1nc2ccccc2c(=O)n1C1CC1. The minimum absolute atomic E-state index is 0.0561. The summed E-state index contributed by atoms with van der Waals surface area (Å²) in [5, 5.41) is 0.595. The molecule has 7 nitrogen and oxygen atoms in total. The number of benzene rings is 2. The average molecular weight is 446 g/mol. The van der Waals surface area contributed by atoms with Crippen molar-refractivity contribution in [2.75, 3.05) is 11.5 Å². The molecule has 0 spiro atoms. The van der Waals surface area contributed by atoms with Crippen molar-refractivity contribution in [1.82, 2.24) is 9.55 Å². The van der Waals surface area contributed by atoms with Gasteiger partial charge in [0.1, 0.15) is 5.82 Å². The first-order chi connectivity index (χ1) is 16.0. The molecule has 0 radical (unpaired) electrons. The number of para-hydroxylation sites is 2. The van der Waals surface area contributed by atoms with Crippen LogP contribution in [0.25, 0.3) is 10.9 Å². The van der Waals surface area contributed by atoms with E-state index in [2.05, 4.69) is 4.98 Å². The number of hydrogen-bond donors (Lipinski definition) is 0. The Morgan fingerprint density at radius 1 is 1.06 bits per heavy atom. The summed E-state index contributed by atoms with van der Waals surface area (Å²) in [6, 6.07) is 15.3. The van der Waals surface area contributed by atoms with E-state index in [0.717, 1.165) is 36.9 Å². The number of carbonyl (C=O) groups excluding carboxylic acids is 2. The van der Waals surface area contributed by atoms with Gasteiger partial charge in [0, 0.05) is 24.2 Å². The third-order valence-electron chi connectivity index (χ3n) is 6.49. The third kappa shape index (κ3) is 4.27. The Bertz CT molecular complexity index is 1280. The first kappa shape index (κ1) is 21.4. The van der Waals surface area contributed by atoms with Crippen molar-refractivity contribution >= 4 is 28.5 Å². The molecule has 33 heavy (non-hydrogen) atoms. The molecule has 1 aromatic heterocycles. The molecule has 7 heteroatoms. The molecule has 0 saturated heterocycles. The Hall–Kier alpha value is -3.48. The lowest BCUT2D eigenvalue weighted by atomic mass is 9.96. The van der Waals surface area contributed by atoms with Gasteiger partial charge in [0.25, 0.3) is 11.5 Å². The summed E-state index contributed by atoms with van der Waals surface area (Å²) in [6.07, 6.45) is 4.07. The monoisotopic (exact) mass is 445 g/mol. The van der Waals surface area contributed by atoms with E-state index < -0.39 is 5.97 Å². The lowest BCUT2D eigenvalue weighted by Gasteiger charge is -2.35. The molecule has 1 atom stereocenters. The molecular formula is C26H27N3O4. The maximum absolute atomic E-state index is 13.0. The van der Waals surface area contributed by atoms with E-state index in [1.54, 1.807) is 15.5 Å². The van der Waals surface area contributed by atoms with Gasteiger partial charge in [-0.25, -0.2) is 4.98 Å². The van der Waals surface area contributed by atoms with E-state index in [-0.39, 0.29) is 36.6 Å². The largest absolute Gasteiger partial charge is 0.456 e. The van der Waals surface area contributed by atoms with Crippen molar-refractivity contribution in [1.29, 1.82) is 0 Å². The quantitative estimate of drug-likeness (QED) is 0.542. The predicted octanol–water partition coefficient (Wildman–Crippen LogP) is 3.58. The molecule has 170 valence electrons. The molecular weight excluding hydrogens is 418 g/mol. The van der Waals surface area contributed by atoms with Gasteiger partial charge in [-0.15, -0.1) is 0 Å². The van der Waals surface area contributed by atoms with Gasteiger partial charge >= 0.3 is 5.97 Å². The zero-order valence-corrected chi connectivity index (χ0v) is 18.7. The van der Waals surface area contributed by atoms with Gasteiger partial charge in [0.15, 0.2) is 6.61 Å². The van der Waals surface area contributed by atoms with Crippen LogP contribution in [0.3, 0.4) is 0 Å². The molecule has 1 saturated carbocycles. The standard InChI is InChI=1S/C26H27N3O4/c1-17-10-11-18-6-2-5-9-22(18)28(17)24(30)16-33-25(31)15-14-23-27-21-8-4-3-7-20(21)26(32)29(23)19-12-13-19/h2-9,17,19H,10-16H2,1H3. The Morgan fingerprint density at radius 3 is 2.64 bits per heavy atom. The van der Waals surface area contributed by atoms with Crippen LogP contribution in [-0.4, -0.2) is 34.1 Å². The van der Waals surface area contributed by atoms with Gasteiger partial charge in [-0.2, -0.15) is 0 Å². The van der Waals surface area contributed by atoms with Crippen molar-refractivity contribution < 1.29 is 14.3 Å². The molecule has 2 heterocycles. The van der Waals surface area contributed by atoms with Gasteiger partial charge < -0.3 is 9.64 Å². The lowest BCUT2D eigenvalue weighted by Crippen LogP contribution is -2.44. The van der Waals surface area contributed by atoms with Gasteiger partial charge in [0.05, 0.1) is 17.3 Å². The Labute approximate surface area is 192 Å². The van der Waals surface area contributed by atoms with E-state index in [1.807, 2.05) is 49.4 Å². The van der Waals surface area contributed by atoms with Crippen LogP contribution in [0.1, 0.15) is 50.0 Å². The van der Waals surface area contributed by atoms with E-state index >= 15 is 0 Å². The second-order valence-corrected chi connectivity index (χ2v) is 8.89. The van der Waals surface area contributed by atoms with Gasteiger partial charge in [-0.05, 0) is 56.4 Å². The highest BCUT2D eigenvalue weighted by atomic mass is 16.5. The number of amides is 1. The predicted molar refractivity (Wildman–Crippen MR) is 125 cm³/mol. The summed E-state index contributed by atoms with van der Waals surface area (Å²) >= 11 is 0.